The number of rotatable bonds is 5. The van der Waals surface area contributed by atoms with Gasteiger partial charge < -0.3 is 24.6 Å². The molecule has 2 aliphatic heterocycles. The maximum atomic E-state index is 12.7. The van der Waals surface area contributed by atoms with E-state index in [2.05, 4.69) is 5.32 Å². The number of benzene rings is 1. The van der Waals surface area contributed by atoms with Crippen LogP contribution in [0.1, 0.15) is 0 Å². The normalized spacial score (nSPS) is 27.1. The molecule has 1 amide bonds. The summed E-state index contributed by atoms with van der Waals surface area (Å²) in [4.78, 5) is 24.1. The lowest BCUT2D eigenvalue weighted by atomic mass is 9.82. The number of carboxylic acid groups (broad SMARTS) is 1. The van der Waals surface area contributed by atoms with Gasteiger partial charge in [0.25, 0.3) is 0 Å². The van der Waals surface area contributed by atoms with Crippen molar-refractivity contribution in [2.45, 2.75) is 12.2 Å². The molecule has 2 bridgehead atoms. The van der Waals surface area contributed by atoms with Crippen molar-refractivity contribution < 1.29 is 28.9 Å². The maximum Gasteiger partial charge on any atom is 0.310 e. The zero-order valence-electron chi connectivity index (χ0n) is 13.0. The Balaban J connectivity index is 1.87. The highest BCUT2D eigenvalue weighted by Crippen LogP contribution is 2.41. The lowest BCUT2D eigenvalue weighted by Crippen LogP contribution is -2.39. The van der Waals surface area contributed by atoms with Crippen molar-refractivity contribution in [2.75, 3.05) is 19.5 Å². The van der Waals surface area contributed by atoms with E-state index < -0.39 is 35.9 Å². The van der Waals surface area contributed by atoms with Gasteiger partial charge in [0, 0.05) is 12.1 Å². The van der Waals surface area contributed by atoms with Crippen LogP contribution in [0, 0.1) is 11.8 Å². The number of carbonyl (C=O) groups is 2. The van der Waals surface area contributed by atoms with Gasteiger partial charge in [0.2, 0.25) is 5.91 Å². The van der Waals surface area contributed by atoms with E-state index >= 15 is 0 Å². The number of halogens is 1. The zero-order valence-corrected chi connectivity index (χ0v) is 13.7. The average Bonchev–Trinajstić information content (AvgIpc) is 3.16. The molecule has 0 unspecified atom stereocenters. The van der Waals surface area contributed by atoms with Crippen LogP contribution in [-0.2, 0) is 14.3 Å². The van der Waals surface area contributed by atoms with Gasteiger partial charge in [-0.3, -0.25) is 9.59 Å². The highest BCUT2D eigenvalue weighted by Gasteiger charge is 2.53. The lowest BCUT2D eigenvalue weighted by Gasteiger charge is -2.22. The molecule has 128 valence electrons. The van der Waals surface area contributed by atoms with Crippen LogP contribution >= 0.6 is 11.6 Å². The molecule has 1 aromatic carbocycles. The fourth-order valence-corrected chi connectivity index (χ4v) is 3.32. The number of carboxylic acids is 1. The van der Waals surface area contributed by atoms with Crippen molar-refractivity contribution in [3.63, 3.8) is 0 Å². The van der Waals surface area contributed by atoms with Gasteiger partial charge in [0.1, 0.15) is 17.4 Å². The number of carbonyl (C=O) groups excluding carboxylic acids is 1. The Morgan fingerprint density at radius 1 is 1.12 bits per heavy atom. The highest BCUT2D eigenvalue weighted by atomic mass is 35.5. The lowest BCUT2D eigenvalue weighted by molar-refractivity contribution is -0.145. The van der Waals surface area contributed by atoms with E-state index in [0.29, 0.717) is 22.2 Å². The van der Waals surface area contributed by atoms with Crippen molar-refractivity contribution in [1.29, 1.82) is 0 Å². The van der Waals surface area contributed by atoms with Crippen LogP contribution in [0.5, 0.6) is 11.5 Å². The predicted octanol–water partition coefficient (Wildman–Crippen LogP) is 1.95. The second-order valence-corrected chi connectivity index (χ2v) is 5.92. The minimum absolute atomic E-state index is 0.335. The molecule has 0 radical (unpaired) electrons. The summed E-state index contributed by atoms with van der Waals surface area (Å²) in [5, 5.41) is 12.4. The summed E-state index contributed by atoms with van der Waals surface area (Å²) in [6.07, 6.45) is 2.27. The van der Waals surface area contributed by atoms with Gasteiger partial charge in [-0.05, 0) is 0 Å². The summed E-state index contributed by atoms with van der Waals surface area (Å²) in [5.41, 5.74) is 0.347. The second kappa shape index (κ2) is 6.33. The van der Waals surface area contributed by atoms with Gasteiger partial charge in [-0.15, -0.1) is 0 Å². The van der Waals surface area contributed by atoms with Gasteiger partial charge >= 0.3 is 5.97 Å². The molecule has 3 rings (SSSR count). The number of aliphatic carboxylic acids is 1. The number of fused-ring (bicyclic) bond motifs is 2. The summed E-state index contributed by atoms with van der Waals surface area (Å²) < 4.78 is 15.8. The number of nitrogens with one attached hydrogen (secondary N) is 1. The molecule has 1 aromatic rings. The molecular formula is C16H16ClNO6. The number of hydrogen-bond donors (Lipinski definition) is 2. The van der Waals surface area contributed by atoms with Crippen molar-refractivity contribution in [1.82, 2.24) is 0 Å². The van der Waals surface area contributed by atoms with Gasteiger partial charge in [0.15, 0.2) is 0 Å². The third-order valence-electron chi connectivity index (χ3n) is 4.22. The molecule has 0 aromatic heterocycles. The molecule has 0 saturated carbocycles. The van der Waals surface area contributed by atoms with E-state index in [4.69, 9.17) is 25.8 Å². The standard InChI is InChI=1S/C16H16ClNO6/c1-22-11-6-8(12(23-2)5-7(11)17)18-15(19)13-9-3-4-10(24-9)14(13)16(20)21/h3-6,9-10,13-14H,1-2H3,(H,18,19)(H,20,21)/t9-,10-,13-,14-/m0/s1. The first-order valence-electron chi connectivity index (χ1n) is 7.25. The Bertz CT molecular complexity index is 719. The highest BCUT2D eigenvalue weighted by molar-refractivity contribution is 6.32. The summed E-state index contributed by atoms with van der Waals surface area (Å²) in [5.74, 6) is -2.54. The van der Waals surface area contributed by atoms with Gasteiger partial charge in [-0.25, -0.2) is 0 Å². The summed E-state index contributed by atoms with van der Waals surface area (Å²) >= 11 is 6.04. The summed E-state index contributed by atoms with van der Waals surface area (Å²) in [6.45, 7) is 0. The number of ether oxygens (including phenoxy) is 3. The van der Waals surface area contributed by atoms with Crippen molar-refractivity contribution in [3.05, 3.63) is 29.3 Å². The molecule has 7 nitrogen and oxygen atoms in total. The summed E-state index contributed by atoms with van der Waals surface area (Å²) in [6, 6.07) is 3.04. The van der Waals surface area contributed by atoms with Crippen molar-refractivity contribution in [3.8, 4) is 11.5 Å². The first-order valence-corrected chi connectivity index (χ1v) is 7.63. The van der Waals surface area contributed by atoms with Gasteiger partial charge in [0.05, 0.1) is 43.1 Å². The SMILES string of the molecule is COc1cc(NC(=O)[C@@H]2[C@@H](C(=O)O)[C@@H]3C=C[C@@H]2O3)c(OC)cc1Cl. The monoisotopic (exact) mass is 353 g/mol. The first kappa shape index (κ1) is 16.6. The van der Waals surface area contributed by atoms with Crippen molar-refractivity contribution >= 4 is 29.2 Å². The van der Waals surface area contributed by atoms with E-state index in [-0.39, 0.29) is 0 Å². The molecule has 1 saturated heterocycles. The van der Waals surface area contributed by atoms with Crippen LogP contribution < -0.4 is 14.8 Å². The predicted molar refractivity (Wildman–Crippen MR) is 85.6 cm³/mol. The average molecular weight is 354 g/mol. The minimum atomic E-state index is -1.06. The molecule has 2 aliphatic rings. The Morgan fingerprint density at radius 3 is 2.33 bits per heavy atom. The molecule has 24 heavy (non-hydrogen) atoms. The van der Waals surface area contributed by atoms with Crippen molar-refractivity contribution in [2.24, 2.45) is 11.8 Å². The Morgan fingerprint density at radius 2 is 1.75 bits per heavy atom. The topological polar surface area (TPSA) is 94.1 Å². The molecule has 1 fully saturated rings. The molecule has 4 atom stereocenters. The van der Waals surface area contributed by atoms with Gasteiger partial charge in [-0.2, -0.15) is 0 Å². The number of methoxy groups -OCH3 is 2. The van der Waals surface area contributed by atoms with E-state index in [9.17, 15) is 14.7 Å². The fourth-order valence-electron chi connectivity index (χ4n) is 3.09. The number of amides is 1. The molecule has 0 spiro atoms. The van der Waals surface area contributed by atoms with Gasteiger partial charge in [-0.1, -0.05) is 23.8 Å². The fraction of sp³-hybridized carbons (Fsp3) is 0.375. The van der Waals surface area contributed by atoms with Crippen LogP contribution in [0.25, 0.3) is 0 Å². The van der Waals surface area contributed by atoms with E-state index in [1.165, 1.54) is 26.4 Å². The molecule has 2 N–H and O–H groups in total. The Kier molecular flexibility index (Phi) is 4.38. The van der Waals surface area contributed by atoms with Crippen LogP contribution in [0.2, 0.25) is 5.02 Å². The Labute approximate surface area is 143 Å². The smallest absolute Gasteiger partial charge is 0.310 e. The molecule has 0 aliphatic carbocycles. The summed E-state index contributed by atoms with van der Waals surface area (Å²) in [7, 11) is 2.89. The number of hydrogen-bond acceptors (Lipinski definition) is 5. The second-order valence-electron chi connectivity index (χ2n) is 5.52. The third kappa shape index (κ3) is 2.70. The van der Waals surface area contributed by atoms with E-state index in [0.717, 1.165) is 0 Å². The van der Waals surface area contributed by atoms with E-state index in [1.54, 1.807) is 12.2 Å². The third-order valence-corrected chi connectivity index (χ3v) is 4.51. The maximum absolute atomic E-state index is 12.7. The molecule has 8 heteroatoms. The van der Waals surface area contributed by atoms with Crippen LogP contribution in [-0.4, -0.2) is 43.4 Å². The minimum Gasteiger partial charge on any atom is -0.495 e. The van der Waals surface area contributed by atoms with E-state index in [1.807, 2.05) is 0 Å². The first-order chi connectivity index (χ1) is 11.5. The van der Waals surface area contributed by atoms with Crippen LogP contribution in [0.4, 0.5) is 5.69 Å². The largest absolute Gasteiger partial charge is 0.495 e. The Hall–Kier alpha value is -2.25. The molecule has 2 heterocycles. The van der Waals surface area contributed by atoms with Crippen LogP contribution in [0.15, 0.2) is 24.3 Å². The zero-order chi connectivity index (χ0) is 17.4. The number of anilines is 1. The quantitative estimate of drug-likeness (QED) is 0.786. The molecular weight excluding hydrogens is 338 g/mol. The van der Waals surface area contributed by atoms with Crippen LogP contribution in [0.3, 0.4) is 0 Å².